The maximum absolute atomic E-state index is 6.13. The van der Waals surface area contributed by atoms with E-state index in [0.717, 1.165) is 11.1 Å². The second-order valence-electron chi connectivity index (χ2n) is 4.12. The van der Waals surface area contributed by atoms with E-state index in [4.69, 9.17) is 16.2 Å². The molecular weight excluding hydrogens is 242 g/mol. The topological polar surface area (TPSA) is 91.5 Å². The van der Waals surface area contributed by atoms with Crippen LogP contribution in [0.15, 0.2) is 36.7 Å². The summed E-state index contributed by atoms with van der Waals surface area (Å²) in [5.74, 6) is 1.16. The van der Waals surface area contributed by atoms with Gasteiger partial charge in [-0.1, -0.05) is 0 Å². The highest BCUT2D eigenvalue weighted by Crippen LogP contribution is 2.34. The zero-order chi connectivity index (χ0) is 13.4. The number of hydrogen-bond acceptors (Lipinski definition) is 5. The third-order valence-corrected chi connectivity index (χ3v) is 2.97. The van der Waals surface area contributed by atoms with Crippen molar-refractivity contribution in [1.82, 2.24) is 14.6 Å². The molecule has 0 saturated heterocycles. The Labute approximate surface area is 109 Å². The molecule has 0 spiro atoms. The minimum atomic E-state index is 0.512. The first-order valence-electron chi connectivity index (χ1n) is 5.73. The largest absolute Gasteiger partial charge is 0.496 e. The Morgan fingerprint density at radius 2 is 2.00 bits per heavy atom. The van der Waals surface area contributed by atoms with Crippen molar-refractivity contribution in [2.24, 2.45) is 0 Å². The van der Waals surface area contributed by atoms with Crippen molar-refractivity contribution in [3.8, 4) is 16.9 Å². The van der Waals surface area contributed by atoms with Crippen LogP contribution in [0.5, 0.6) is 5.75 Å². The number of hydrogen-bond donors (Lipinski definition) is 2. The number of rotatable bonds is 2. The van der Waals surface area contributed by atoms with Crippen molar-refractivity contribution in [3.05, 3.63) is 36.7 Å². The highest BCUT2D eigenvalue weighted by molar-refractivity contribution is 5.80. The first kappa shape index (κ1) is 11.3. The quantitative estimate of drug-likeness (QED) is 0.678. The minimum absolute atomic E-state index is 0.512. The molecule has 2 aromatic heterocycles. The van der Waals surface area contributed by atoms with Gasteiger partial charge in [-0.15, -0.1) is 0 Å². The molecule has 3 aromatic rings. The van der Waals surface area contributed by atoms with Crippen molar-refractivity contribution < 1.29 is 4.74 Å². The van der Waals surface area contributed by atoms with E-state index < -0.39 is 0 Å². The standard InChI is InChI=1S/C13H13N5O/c1-19-11-6-8(14)2-3-9(11)10-7-16-12-4-5-17-18(12)13(10)15/h2-7H,14-15H2,1H3. The molecule has 0 saturated carbocycles. The lowest BCUT2D eigenvalue weighted by atomic mass is 10.1. The van der Waals surface area contributed by atoms with Gasteiger partial charge in [0.25, 0.3) is 0 Å². The molecule has 0 radical (unpaired) electrons. The summed E-state index contributed by atoms with van der Waals surface area (Å²) in [5, 5.41) is 4.14. The second kappa shape index (κ2) is 4.16. The Balaban J connectivity index is 2.26. The van der Waals surface area contributed by atoms with Gasteiger partial charge >= 0.3 is 0 Å². The van der Waals surface area contributed by atoms with E-state index in [1.165, 1.54) is 0 Å². The smallest absolute Gasteiger partial charge is 0.157 e. The van der Waals surface area contributed by atoms with Gasteiger partial charge < -0.3 is 16.2 Å². The first-order chi connectivity index (χ1) is 9.20. The Kier molecular flexibility index (Phi) is 2.49. The zero-order valence-electron chi connectivity index (χ0n) is 10.4. The summed E-state index contributed by atoms with van der Waals surface area (Å²) in [6, 6.07) is 7.20. The molecule has 0 atom stereocenters. The number of nitrogens with zero attached hydrogens (tertiary/aromatic N) is 3. The highest BCUT2D eigenvalue weighted by atomic mass is 16.5. The van der Waals surface area contributed by atoms with E-state index in [2.05, 4.69) is 10.1 Å². The lowest BCUT2D eigenvalue weighted by Crippen LogP contribution is -2.03. The van der Waals surface area contributed by atoms with Gasteiger partial charge in [-0.2, -0.15) is 9.61 Å². The monoisotopic (exact) mass is 255 g/mol. The van der Waals surface area contributed by atoms with Gasteiger partial charge in [0.15, 0.2) is 5.65 Å². The fraction of sp³-hybridized carbons (Fsp3) is 0.0769. The molecule has 0 fully saturated rings. The van der Waals surface area contributed by atoms with Crippen LogP contribution in [0.1, 0.15) is 0 Å². The maximum atomic E-state index is 6.13. The van der Waals surface area contributed by atoms with Gasteiger partial charge in [0.2, 0.25) is 0 Å². The maximum Gasteiger partial charge on any atom is 0.157 e. The summed E-state index contributed by atoms with van der Waals surface area (Å²) in [6.45, 7) is 0. The molecule has 0 bridgehead atoms. The lowest BCUT2D eigenvalue weighted by molar-refractivity contribution is 0.416. The molecule has 1 aromatic carbocycles. The average Bonchev–Trinajstić information content (AvgIpc) is 2.89. The van der Waals surface area contributed by atoms with Crippen LogP contribution in [-0.4, -0.2) is 21.7 Å². The Morgan fingerprint density at radius 1 is 1.16 bits per heavy atom. The number of nitrogen functional groups attached to an aromatic ring is 2. The fourth-order valence-corrected chi connectivity index (χ4v) is 2.03. The van der Waals surface area contributed by atoms with Crippen LogP contribution in [0.2, 0.25) is 0 Å². The predicted octanol–water partition coefficient (Wildman–Crippen LogP) is 1.57. The molecule has 0 unspecified atom stereocenters. The number of aromatic nitrogens is 3. The summed E-state index contributed by atoms with van der Waals surface area (Å²) in [7, 11) is 1.59. The lowest BCUT2D eigenvalue weighted by Gasteiger charge is -2.11. The molecular formula is C13H13N5O. The van der Waals surface area contributed by atoms with Crippen molar-refractivity contribution in [2.45, 2.75) is 0 Å². The van der Waals surface area contributed by atoms with Gasteiger partial charge in [0.05, 0.1) is 13.3 Å². The normalized spacial score (nSPS) is 10.8. The molecule has 6 nitrogen and oxygen atoms in total. The average molecular weight is 255 g/mol. The molecule has 3 rings (SSSR count). The van der Waals surface area contributed by atoms with Crippen molar-refractivity contribution in [1.29, 1.82) is 0 Å². The van der Waals surface area contributed by atoms with Gasteiger partial charge in [0.1, 0.15) is 11.6 Å². The summed E-state index contributed by atoms with van der Waals surface area (Å²) >= 11 is 0. The van der Waals surface area contributed by atoms with Crippen molar-refractivity contribution in [2.75, 3.05) is 18.6 Å². The molecule has 0 aliphatic rings. The zero-order valence-corrected chi connectivity index (χ0v) is 10.4. The molecule has 6 heteroatoms. The second-order valence-corrected chi connectivity index (χ2v) is 4.12. The number of methoxy groups -OCH3 is 1. The molecule has 96 valence electrons. The molecule has 0 aliphatic carbocycles. The van der Waals surface area contributed by atoms with Crippen LogP contribution >= 0.6 is 0 Å². The van der Waals surface area contributed by atoms with Crippen LogP contribution < -0.4 is 16.2 Å². The van der Waals surface area contributed by atoms with Crippen LogP contribution in [-0.2, 0) is 0 Å². The number of ether oxygens (including phenoxy) is 1. The molecule has 2 heterocycles. The van der Waals surface area contributed by atoms with Crippen LogP contribution in [0.4, 0.5) is 11.5 Å². The van der Waals surface area contributed by atoms with Crippen molar-refractivity contribution >= 4 is 17.2 Å². The van der Waals surface area contributed by atoms with Gasteiger partial charge in [-0.05, 0) is 12.1 Å². The fourth-order valence-electron chi connectivity index (χ4n) is 2.03. The summed E-state index contributed by atoms with van der Waals surface area (Å²) in [6.07, 6.45) is 3.36. The first-order valence-corrected chi connectivity index (χ1v) is 5.73. The molecule has 4 N–H and O–H groups in total. The summed E-state index contributed by atoms with van der Waals surface area (Å²) < 4.78 is 6.92. The van der Waals surface area contributed by atoms with E-state index in [-0.39, 0.29) is 0 Å². The summed E-state index contributed by atoms with van der Waals surface area (Å²) in [4.78, 5) is 4.31. The van der Waals surface area contributed by atoms with Crippen molar-refractivity contribution in [3.63, 3.8) is 0 Å². The van der Waals surface area contributed by atoms with E-state index in [1.807, 2.05) is 6.07 Å². The molecule has 0 amide bonds. The highest BCUT2D eigenvalue weighted by Gasteiger charge is 2.12. The Bertz CT molecular complexity index is 750. The van der Waals surface area contributed by atoms with Gasteiger partial charge in [-0.3, -0.25) is 0 Å². The van der Waals surface area contributed by atoms with Crippen LogP contribution in [0.3, 0.4) is 0 Å². The number of anilines is 2. The number of fused-ring (bicyclic) bond motifs is 1. The molecule has 0 aliphatic heterocycles. The molecule has 19 heavy (non-hydrogen) atoms. The Hall–Kier alpha value is -2.76. The van der Waals surface area contributed by atoms with Gasteiger partial charge in [0, 0.05) is 35.1 Å². The van der Waals surface area contributed by atoms with E-state index in [1.54, 1.807) is 42.2 Å². The number of nitrogens with two attached hydrogens (primary N) is 2. The number of benzene rings is 1. The van der Waals surface area contributed by atoms with Crippen LogP contribution in [0.25, 0.3) is 16.8 Å². The third-order valence-electron chi connectivity index (χ3n) is 2.97. The van der Waals surface area contributed by atoms with Crippen LogP contribution in [0, 0.1) is 0 Å². The van der Waals surface area contributed by atoms with Gasteiger partial charge in [-0.25, -0.2) is 4.98 Å². The Morgan fingerprint density at radius 3 is 2.79 bits per heavy atom. The van der Waals surface area contributed by atoms with E-state index >= 15 is 0 Å². The SMILES string of the molecule is COc1cc(N)ccc1-c1cnc2ccnn2c1N. The predicted molar refractivity (Wildman–Crippen MR) is 73.8 cm³/mol. The van der Waals surface area contributed by atoms with E-state index in [9.17, 15) is 0 Å². The summed E-state index contributed by atoms with van der Waals surface area (Å²) in [5.41, 5.74) is 14.8. The van der Waals surface area contributed by atoms with E-state index in [0.29, 0.717) is 22.9 Å². The third kappa shape index (κ3) is 1.74. The minimum Gasteiger partial charge on any atom is -0.496 e.